The SMILES string of the molecule is CCN.FNF. The van der Waals surface area contributed by atoms with Crippen LogP contribution in [0.5, 0.6) is 0 Å². The van der Waals surface area contributed by atoms with Gasteiger partial charge in [0.25, 0.3) is 0 Å². The molecule has 0 aromatic carbocycles. The van der Waals surface area contributed by atoms with Crippen LogP contribution in [0.3, 0.4) is 0 Å². The molecule has 0 aromatic rings. The highest BCUT2D eigenvalue weighted by molar-refractivity contribution is 4.00. The lowest BCUT2D eigenvalue weighted by Crippen LogP contribution is -1.87. The number of hydrogen-bond donors (Lipinski definition) is 2. The number of nitrogens with one attached hydrogen (secondary N) is 1. The van der Waals surface area contributed by atoms with Gasteiger partial charge in [-0.1, -0.05) is 6.92 Å². The Balaban J connectivity index is 0. The molecule has 0 spiro atoms. The lowest BCUT2D eigenvalue weighted by molar-refractivity contribution is 0.130. The Morgan fingerprint density at radius 1 is 1.67 bits per heavy atom. The lowest BCUT2D eigenvalue weighted by Gasteiger charge is -1.53. The smallest absolute Gasteiger partial charge is 0.00810 e. The summed E-state index contributed by atoms with van der Waals surface area (Å²) in [5.41, 5.74) is 4.85. The van der Waals surface area contributed by atoms with Gasteiger partial charge in [-0.2, -0.15) is 0 Å². The molecular formula is C2H8F2N2. The van der Waals surface area contributed by atoms with Crippen LogP contribution in [-0.4, -0.2) is 6.54 Å². The summed E-state index contributed by atoms with van der Waals surface area (Å²) in [4.78, 5) is 0. The molecule has 40 valence electrons. The molecular weight excluding hydrogens is 90.0 g/mol. The van der Waals surface area contributed by atoms with Crippen molar-refractivity contribution < 1.29 is 8.96 Å². The molecule has 0 aliphatic rings. The van der Waals surface area contributed by atoms with E-state index in [1.807, 2.05) is 6.92 Å². The van der Waals surface area contributed by atoms with E-state index in [4.69, 9.17) is 5.73 Å². The molecule has 0 heterocycles. The Bertz CT molecular complexity index is 11.5. The maximum atomic E-state index is 9.38. The van der Waals surface area contributed by atoms with Gasteiger partial charge in [-0.3, -0.25) is 0 Å². The Kier molecular flexibility index (Phi) is 33.2. The van der Waals surface area contributed by atoms with Crippen molar-refractivity contribution >= 4 is 0 Å². The zero-order valence-electron chi connectivity index (χ0n) is 3.54. The Labute approximate surface area is 35.2 Å². The monoisotopic (exact) mass is 98.1 g/mol. The predicted octanol–water partition coefficient (Wildman–Crippen LogP) is 0.310. The van der Waals surface area contributed by atoms with E-state index in [-0.39, 0.29) is 5.76 Å². The molecule has 0 aliphatic carbocycles. The molecule has 0 aromatic heterocycles. The fourth-order valence-corrected chi connectivity index (χ4v) is 0. The molecule has 0 aliphatic heterocycles. The highest BCUT2D eigenvalue weighted by atomic mass is 19.4. The average molecular weight is 98.1 g/mol. The van der Waals surface area contributed by atoms with E-state index in [9.17, 15) is 8.96 Å². The van der Waals surface area contributed by atoms with Crippen LogP contribution in [0, 0.1) is 0 Å². The van der Waals surface area contributed by atoms with Gasteiger partial charge in [-0.15, -0.1) is 8.96 Å². The van der Waals surface area contributed by atoms with E-state index < -0.39 is 0 Å². The molecule has 0 fully saturated rings. The largest absolute Gasteiger partial charge is 0.331 e. The fraction of sp³-hybridized carbons (Fsp3) is 1.00. The quantitative estimate of drug-likeness (QED) is 0.428. The van der Waals surface area contributed by atoms with Gasteiger partial charge in [-0.05, 0) is 6.54 Å². The van der Waals surface area contributed by atoms with Gasteiger partial charge in [0.15, 0.2) is 0 Å². The van der Waals surface area contributed by atoms with Crippen molar-refractivity contribution in [2.24, 2.45) is 5.73 Å². The third-order valence-corrected chi connectivity index (χ3v) is 0. The van der Waals surface area contributed by atoms with Gasteiger partial charge in [0.05, 0.1) is 0 Å². The summed E-state index contributed by atoms with van der Waals surface area (Å²) in [6.45, 7) is 2.65. The molecule has 0 saturated carbocycles. The second-order valence-electron chi connectivity index (χ2n) is 0.480. The number of nitrogens with two attached hydrogens (primary N) is 1. The van der Waals surface area contributed by atoms with Crippen LogP contribution in [0.2, 0.25) is 0 Å². The third kappa shape index (κ3) is 604. The van der Waals surface area contributed by atoms with Crippen LogP contribution >= 0.6 is 0 Å². The first-order chi connectivity index (χ1) is 2.83. The van der Waals surface area contributed by atoms with Crippen molar-refractivity contribution in [2.75, 3.05) is 6.54 Å². The highest BCUT2D eigenvalue weighted by Crippen LogP contribution is 1.38. The molecule has 4 heteroatoms. The maximum Gasteiger partial charge on any atom is 0.00810 e. The molecule has 0 bridgehead atoms. The van der Waals surface area contributed by atoms with E-state index in [0.29, 0.717) is 0 Å². The first-order valence-corrected chi connectivity index (χ1v) is 1.49. The van der Waals surface area contributed by atoms with E-state index in [1.165, 1.54) is 0 Å². The number of hydrogen-bond acceptors (Lipinski definition) is 2. The lowest BCUT2D eigenvalue weighted by atomic mass is 10.8. The van der Waals surface area contributed by atoms with Crippen LogP contribution in [0.4, 0.5) is 8.96 Å². The minimum absolute atomic E-state index is 0.250. The molecule has 0 rings (SSSR count). The van der Waals surface area contributed by atoms with Gasteiger partial charge in [0.2, 0.25) is 0 Å². The fourth-order valence-electron chi connectivity index (χ4n) is 0. The Morgan fingerprint density at radius 2 is 1.67 bits per heavy atom. The molecule has 0 amide bonds. The number of rotatable bonds is 0. The summed E-state index contributed by atoms with van der Waals surface area (Å²) in [6.07, 6.45) is 0. The topological polar surface area (TPSA) is 38.0 Å². The Hall–Kier alpha value is -0.220. The van der Waals surface area contributed by atoms with Gasteiger partial charge in [0, 0.05) is 5.76 Å². The van der Waals surface area contributed by atoms with Crippen LogP contribution in [0.15, 0.2) is 0 Å². The predicted molar refractivity (Wildman–Crippen MR) is 20.1 cm³/mol. The maximum absolute atomic E-state index is 9.38. The minimum atomic E-state index is -0.250. The molecule has 0 unspecified atom stereocenters. The highest BCUT2D eigenvalue weighted by Gasteiger charge is 1.37. The zero-order chi connectivity index (χ0) is 5.41. The van der Waals surface area contributed by atoms with Crippen molar-refractivity contribution in [3.05, 3.63) is 0 Å². The minimum Gasteiger partial charge on any atom is -0.331 e. The van der Waals surface area contributed by atoms with Gasteiger partial charge >= 0.3 is 0 Å². The summed E-state index contributed by atoms with van der Waals surface area (Å²) in [5, 5.41) is 0. The summed E-state index contributed by atoms with van der Waals surface area (Å²) in [6, 6.07) is 0. The molecule has 0 radical (unpaired) electrons. The summed E-state index contributed by atoms with van der Waals surface area (Å²) >= 11 is 0. The van der Waals surface area contributed by atoms with Crippen molar-refractivity contribution in [1.82, 2.24) is 5.76 Å². The summed E-state index contributed by atoms with van der Waals surface area (Å²) < 4.78 is 18.8. The van der Waals surface area contributed by atoms with Crippen molar-refractivity contribution in [3.8, 4) is 0 Å². The standard InChI is InChI=1S/C2H7N.F2HN/c1-2-3;1-3-2/h2-3H2,1H3;3H. The summed E-state index contributed by atoms with van der Waals surface area (Å²) in [7, 11) is 0. The second-order valence-corrected chi connectivity index (χ2v) is 0.480. The first-order valence-electron chi connectivity index (χ1n) is 1.49. The van der Waals surface area contributed by atoms with Gasteiger partial charge in [-0.25, -0.2) is 0 Å². The molecule has 2 nitrogen and oxygen atoms in total. The normalized spacial score (nSPS) is 6.00. The molecule has 3 N–H and O–H groups in total. The van der Waals surface area contributed by atoms with Gasteiger partial charge in [0.1, 0.15) is 0 Å². The van der Waals surface area contributed by atoms with E-state index >= 15 is 0 Å². The van der Waals surface area contributed by atoms with Crippen molar-refractivity contribution in [1.29, 1.82) is 0 Å². The van der Waals surface area contributed by atoms with Crippen LogP contribution in [0.1, 0.15) is 6.92 Å². The van der Waals surface area contributed by atoms with Crippen molar-refractivity contribution in [3.63, 3.8) is 0 Å². The van der Waals surface area contributed by atoms with Gasteiger partial charge < -0.3 is 5.73 Å². The molecule has 6 heavy (non-hydrogen) atoms. The van der Waals surface area contributed by atoms with Crippen molar-refractivity contribution in [2.45, 2.75) is 6.92 Å². The first kappa shape index (κ1) is 9.24. The zero-order valence-corrected chi connectivity index (χ0v) is 3.54. The molecule has 0 saturated heterocycles. The van der Waals surface area contributed by atoms with Crippen LogP contribution in [0.25, 0.3) is 0 Å². The van der Waals surface area contributed by atoms with Crippen LogP contribution < -0.4 is 11.5 Å². The second kappa shape index (κ2) is 21.6. The van der Waals surface area contributed by atoms with E-state index in [2.05, 4.69) is 0 Å². The third-order valence-electron chi connectivity index (χ3n) is 0. The van der Waals surface area contributed by atoms with E-state index in [0.717, 1.165) is 6.54 Å². The number of halogens is 2. The average Bonchev–Trinajstić information content (AvgIpc) is 1.39. The summed E-state index contributed by atoms with van der Waals surface area (Å²) in [5.74, 6) is -0.250. The van der Waals surface area contributed by atoms with E-state index in [1.54, 1.807) is 0 Å². The van der Waals surface area contributed by atoms with Crippen LogP contribution in [-0.2, 0) is 0 Å². The Morgan fingerprint density at radius 3 is 1.67 bits per heavy atom. The molecule has 0 atom stereocenters.